The minimum Gasteiger partial charge on any atom is -0.485 e. The van der Waals surface area contributed by atoms with Crippen molar-refractivity contribution < 1.29 is 19.0 Å². The van der Waals surface area contributed by atoms with E-state index in [0.29, 0.717) is 12.2 Å². The number of ketones is 1. The van der Waals surface area contributed by atoms with Gasteiger partial charge >= 0.3 is 0 Å². The normalized spacial score (nSPS) is 10.3. The topological polar surface area (TPSA) is 46.5 Å². The van der Waals surface area contributed by atoms with E-state index in [1.165, 1.54) is 18.2 Å². The van der Waals surface area contributed by atoms with Gasteiger partial charge in [-0.1, -0.05) is 24.3 Å². The monoisotopic (exact) mass is 274 g/mol. The first-order valence-electron chi connectivity index (χ1n) is 6.31. The fourth-order valence-electron chi connectivity index (χ4n) is 1.80. The van der Waals surface area contributed by atoms with Crippen LogP contribution in [0.15, 0.2) is 48.5 Å². The Labute approximate surface area is 116 Å². The maximum Gasteiger partial charge on any atom is 0.203 e. The van der Waals surface area contributed by atoms with Gasteiger partial charge in [-0.3, -0.25) is 4.79 Å². The standard InChI is InChI=1S/C16H15FO3/c17-15-4-2-1-3-14(15)16(19)11-20-13-7-5-12(6-8-13)9-10-18/h1-8,18H,9-11H2. The first kappa shape index (κ1) is 14.2. The highest BCUT2D eigenvalue weighted by atomic mass is 19.1. The fraction of sp³-hybridized carbons (Fsp3) is 0.188. The molecule has 2 aromatic carbocycles. The molecule has 0 saturated carbocycles. The van der Waals surface area contributed by atoms with Crippen LogP contribution < -0.4 is 4.74 Å². The summed E-state index contributed by atoms with van der Waals surface area (Å²) in [6.07, 6.45) is 0.578. The quantitative estimate of drug-likeness (QED) is 0.824. The van der Waals surface area contributed by atoms with Crippen LogP contribution in [0, 0.1) is 5.82 Å². The summed E-state index contributed by atoms with van der Waals surface area (Å²) in [4.78, 5) is 11.8. The van der Waals surface area contributed by atoms with Gasteiger partial charge in [-0.15, -0.1) is 0 Å². The van der Waals surface area contributed by atoms with Gasteiger partial charge in [-0.25, -0.2) is 4.39 Å². The molecule has 0 bridgehead atoms. The zero-order valence-electron chi connectivity index (χ0n) is 10.9. The molecule has 0 aliphatic rings. The number of Topliss-reactive ketones (excluding diaryl/α,β-unsaturated/α-hetero) is 1. The van der Waals surface area contributed by atoms with Crippen LogP contribution >= 0.6 is 0 Å². The summed E-state index contributed by atoms with van der Waals surface area (Å²) in [5.74, 6) is -0.404. The number of carbonyl (C=O) groups excluding carboxylic acids is 1. The maximum absolute atomic E-state index is 13.4. The Bertz CT molecular complexity index is 579. The number of aliphatic hydroxyl groups excluding tert-OH is 1. The summed E-state index contributed by atoms with van der Waals surface area (Å²) in [6.45, 7) is -0.119. The summed E-state index contributed by atoms with van der Waals surface area (Å²) in [6, 6.07) is 12.9. The predicted octanol–water partition coefficient (Wildman–Crippen LogP) is 2.62. The van der Waals surface area contributed by atoms with Crippen LogP contribution in [-0.2, 0) is 6.42 Å². The molecule has 20 heavy (non-hydrogen) atoms. The van der Waals surface area contributed by atoms with Gasteiger partial charge < -0.3 is 9.84 Å². The number of aliphatic hydroxyl groups is 1. The van der Waals surface area contributed by atoms with E-state index >= 15 is 0 Å². The second-order valence-corrected chi connectivity index (χ2v) is 4.31. The number of rotatable bonds is 6. The Balaban J connectivity index is 1.95. The zero-order chi connectivity index (χ0) is 14.4. The van der Waals surface area contributed by atoms with Crippen molar-refractivity contribution >= 4 is 5.78 Å². The highest BCUT2D eigenvalue weighted by Crippen LogP contribution is 2.14. The van der Waals surface area contributed by atoms with E-state index in [2.05, 4.69) is 0 Å². The van der Waals surface area contributed by atoms with Crippen LogP contribution in [0.2, 0.25) is 0 Å². The molecule has 104 valence electrons. The van der Waals surface area contributed by atoms with Crippen LogP contribution in [0.25, 0.3) is 0 Å². The lowest BCUT2D eigenvalue weighted by Gasteiger charge is -2.07. The van der Waals surface area contributed by atoms with E-state index in [1.54, 1.807) is 18.2 Å². The summed E-state index contributed by atoms with van der Waals surface area (Å²) in [5, 5.41) is 8.81. The van der Waals surface area contributed by atoms with E-state index in [-0.39, 0.29) is 18.8 Å². The molecular weight excluding hydrogens is 259 g/mol. The zero-order valence-corrected chi connectivity index (χ0v) is 10.9. The van der Waals surface area contributed by atoms with Crippen molar-refractivity contribution in [2.24, 2.45) is 0 Å². The van der Waals surface area contributed by atoms with Crippen molar-refractivity contribution in [2.45, 2.75) is 6.42 Å². The van der Waals surface area contributed by atoms with Gasteiger partial charge in [0.05, 0.1) is 5.56 Å². The molecule has 0 aliphatic carbocycles. The van der Waals surface area contributed by atoms with Gasteiger partial charge in [0.1, 0.15) is 11.6 Å². The van der Waals surface area contributed by atoms with Gasteiger partial charge in [0.25, 0.3) is 0 Å². The summed E-state index contributed by atoms with van der Waals surface area (Å²) < 4.78 is 18.7. The molecule has 4 heteroatoms. The third-order valence-electron chi connectivity index (χ3n) is 2.87. The Hall–Kier alpha value is -2.20. The van der Waals surface area contributed by atoms with Crippen molar-refractivity contribution in [1.82, 2.24) is 0 Å². The first-order valence-corrected chi connectivity index (χ1v) is 6.31. The number of benzene rings is 2. The van der Waals surface area contributed by atoms with Crippen LogP contribution in [-0.4, -0.2) is 24.1 Å². The molecule has 2 aromatic rings. The Kier molecular flexibility index (Phi) is 4.85. The maximum atomic E-state index is 13.4. The van der Waals surface area contributed by atoms with Gasteiger partial charge in [-0.05, 0) is 36.2 Å². The van der Waals surface area contributed by atoms with Crippen molar-refractivity contribution in [3.8, 4) is 5.75 Å². The molecule has 0 heterocycles. The highest BCUT2D eigenvalue weighted by Gasteiger charge is 2.11. The Morgan fingerprint density at radius 2 is 1.80 bits per heavy atom. The number of carbonyl (C=O) groups is 1. The SMILES string of the molecule is O=C(COc1ccc(CCO)cc1)c1ccccc1F. The molecule has 0 unspecified atom stereocenters. The summed E-state index contributed by atoms with van der Waals surface area (Å²) >= 11 is 0. The van der Waals surface area contributed by atoms with E-state index in [0.717, 1.165) is 5.56 Å². The van der Waals surface area contributed by atoms with Crippen LogP contribution in [0.5, 0.6) is 5.75 Å². The second kappa shape index (κ2) is 6.82. The smallest absolute Gasteiger partial charge is 0.203 e. The summed E-state index contributed by atoms with van der Waals surface area (Å²) in [7, 11) is 0. The van der Waals surface area contributed by atoms with Gasteiger partial charge in [0.15, 0.2) is 6.61 Å². The average Bonchev–Trinajstić information content (AvgIpc) is 2.47. The molecule has 0 aliphatic heterocycles. The highest BCUT2D eigenvalue weighted by molar-refractivity contribution is 5.97. The summed E-state index contributed by atoms with van der Waals surface area (Å²) in [5.41, 5.74) is 1.02. The number of halogens is 1. The molecule has 1 N–H and O–H groups in total. The second-order valence-electron chi connectivity index (χ2n) is 4.31. The largest absolute Gasteiger partial charge is 0.485 e. The molecule has 3 nitrogen and oxygen atoms in total. The van der Waals surface area contributed by atoms with Crippen LogP contribution in [0.3, 0.4) is 0 Å². The van der Waals surface area contributed by atoms with E-state index in [1.807, 2.05) is 12.1 Å². The minimum absolute atomic E-state index is 0.0319. The number of ether oxygens (including phenoxy) is 1. The van der Waals surface area contributed by atoms with Crippen molar-refractivity contribution in [2.75, 3.05) is 13.2 Å². The lowest BCUT2D eigenvalue weighted by Crippen LogP contribution is -2.13. The first-order chi connectivity index (χ1) is 9.70. The molecule has 0 amide bonds. The van der Waals surface area contributed by atoms with Crippen molar-refractivity contribution in [3.63, 3.8) is 0 Å². The molecule has 0 atom stereocenters. The third kappa shape index (κ3) is 3.65. The lowest BCUT2D eigenvalue weighted by atomic mass is 10.1. The van der Waals surface area contributed by atoms with Gasteiger partial charge in [0.2, 0.25) is 5.78 Å². The van der Waals surface area contributed by atoms with E-state index in [4.69, 9.17) is 9.84 Å². The van der Waals surface area contributed by atoms with Crippen LogP contribution in [0.4, 0.5) is 4.39 Å². The molecule has 0 radical (unpaired) electrons. The predicted molar refractivity (Wildman–Crippen MR) is 73.5 cm³/mol. The Morgan fingerprint density at radius 3 is 2.45 bits per heavy atom. The molecule has 2 rings (SSSR count). The van der Waals surface area contributed by atoms with Gasteiger partial charge in [0, 0.05) is 6.61 Å². The molecule has 0 fully saturated rings. The van der Waals surface area contributed by atoms with E-state index in [9.17, 15) is 9.18 Å². The van der Waals surface area contributed by atoms with Crippen molar-refractivity contribution in [1.29, 1.82) is 0 Å². The van der Waals surface area contributed by atoms with E-state index < -0.39 is 11.6 Å². The minimum atomic E-state index is -0.542. The molecule has 0 aromatic heterocycles. The van der Waals surface area contributed by atoms with Crippen LogP contribution in [0.1, 0.15) is 15.9 Å². The molecule has 0 saturated heterocycles. The fourth-order valence-corrected chi connectivity index (χ4v) is 1.80. The average molecular weight is 274 g/mol. The van der Waals surface area contributed by atoms with Gasteiger partial charge in [-0.2, -0.15) is 0 Å². The third-order valence-corrected chi connectivity index (χ3v) is 2.87. The molecular formula is C16H15FO3. The number of hydrogen-bond donors (Lipinski definition) is 1. The Morgan fingerprint density at radius 1 is 1.10 bits per heavy atom. The van der Waals surface area contributed by atoms with Crippen molar-refractivity contribution in [3.05, 3.63) is 65.5 Å². The number of hydrogen-bond acceptors (Lipinski definition) is 3. The lowest BCUT2D eigenvalue weighted by molar-refractivity contribution is 0.0917. The molecule has 0 spiro atoms.